The number of nitrogens with one attached hydrogen (secondary N) is 1. The zero-order chi connectivity index (χ0) is 29.3. The summed E-state index contributed by atoms with van der Waals surface area (Å²) in [4.78, 5) is 40.8. The van der Waals surface area contributed by atoms with Crippen molar-refractivity contribution >= 4 is 56.1 Å². The van der Waals surface area contributed by atoms with Gasteiger partial charge in [0, 0.05) is 0 Å². The van der Waals surface area contributed by atoms with Crippen LogP contribution in [0.1, 0.15) is 30.9 Å². The van der Waals surface area contributed by atoms with Crippen molar-refractivity contribution in [3.8, 4) is 0 Å². The van der Waals surface area contributed by atoms with Gasteiger partial charge in [0.2, 0.25) is 0 Å². The van der Waals surface area contributed by atoms with Crippen LogP contribution in [0.2, 0.25) is 0 Å². The number of aryl methyl sites for hydroxylation is 1. The quantitative estimate of drug-likeness (QED) is 0.260. The summed E-state index contributed by atoms with van der Waals surface area (Å²) in [5.74, 6) is -0.700. The zero-order valence-corrected chi connectivity index (χ0v) is 27.7. The van der Waals surface area contributed by atoms with Crippen molar-refractivity contribution in [1.82, 2.24) is 5.32 Å². The van der Waals surface area contributed by atoms with E-state index in [2.05, 4.69) is 16.8 Å². The van der Waals surface area contributed by atoms with E-state index in [1.807, 2.05) is 40.4 Å². The number of amides is 2. The van der Waals surface area contributed by atoms with Gasteiger partial charge in [0.15, 0.2) is 5.78 Å². The molecule has 2 amide bonds. The molecular weight excluding hydrogens is 751 g/mol. The molecule has 10 heteroatoms. The molecule has 3 aliphatic rings. The molecule has 3 aliphatic heterocycles. The summed E-state index contributed by atoms with van der Waals surface area (Å²) < 4.78 is 29.0. The van der Waals surface area contributed by atoms with Gasteiger partial charge < -0.3 is 4.74 Å². The molecule has 0 saturated heterocycles. The number of hydrogen-bond donors (Lipinski definition) is 1. The van der Waals surface area contributed by atoms with E-state index >= 15 is 4.39 Å². The van der Waals surface area contributed by atoms with E-state index in [1.165, 1.54) is 6.07 Å². The van der Waals surface area contributed by atoms with E-state index in [4.69, 9.17) is 4.74 Å². The molecule has 0 atom stereocenters. The van der Waals surface area contributed by atoms with Gasteiger partial charge in [-0.2, -0.15) is 0 Å². The first-order valence-electron chi connectivity index (χ1n) is 13.4. The van der Waals surface area contributed by atoms with Crippen molar-refractivity contribution in [3.05, 3.63) is 79.8 Å². The van der Waals surface area contributed by atoms with Crippen molar-refractivity contribution in [2.75, 3.05) is 39.2 Å². The molecule has 2 aromatic carbocycles. The van der Waals surface area contributed by atoms with Gasteiger partial charge >= 0.3 is 205 Å². The van der Waals surface area contributed by atoms with E-state index in [0.717, 1.165) is 36.0 Å². The van der Waals surface area contributed by atoms with Gasteiger partial charge in [0.05, 0.1) is 6.61 Å². The summed E-state index contributed by atoms with van der Waals surface area (Å²) in [6, 6.07) is 11.1. The Bertz CT molecular complexity index is 1590. The van der Waals surface area contributed by atoms with Crippen molar-refractivity contribution in [2.24, 2.45) is 0 Å². The molecule has 0 spiro atoms. The molecule has 2 aromatic rings. The molecule has 0 aromatic heterocycles. The topological polar surface area (TPSA) is 79.0 Å². The van der Waals surface area contributed by atoms with Gasteiger partial charge in [-0.25, -0.2) is 0 Å². The summed E-state index contributed by atoms with van der Waals surface area (Å²) in [7, 11) is 1.58. The first-order chi connectivity index (χ1) is 19.7. The van der Waals surface area contributed by atoms with Crippen LogP contribution in [0.3, 0.4) is 0 Å². The van der Waals surface area contributed by atoms with Crippen molar-refractivity contribution < 1.29 is 44.7 Å². The first kappa shape index (κ1) is 29.9. The summed E-state index contributed by atoms with van der Waals surface area (Å²) in [6.07, 6.45) is 3.57. The number of hydrogen-bond acceptors (Lipinski definition) is 5. The van der Waals surface area contributed by atoms with Crippen LogP contribution in [-0.4, -0.2) is 56.9 Å². The van der Waals surface area contributed by atoms with Crippen LogP contribution < -0.4 is 34.5 Å². The standard InChI is InChI=1S/C31H33FI2N3O4/c1-5-33-27-9-8-23(17-26(27)32)37-29-25(28(34(37)3)30(39)35-4)10-12-36(31(29)40)22-7-6-21(19(2)14-22)15-20-11-13-41-18-24(38)16-20/h6-9,14,16-17H,3,5,10-13,15,18H2,1-2,4H3,(H,35,39)/q-1. The first-order valence-corrected chi connectivity index (χ1v) is 19.6. The fourth-order valence-corrected chi connectivity index (χ4v) is 11.7. The molecule has 0 aliphatic carbocycles. The van der Waals surface area contributed by atoms with E-state index in [0.29, 0.717) is 47.3 Å². The van der Waals surface area contributed by atoms with Crippen LogP contribution in [0.5, 0.6) is 0 Å². The average molecular weight is 784 g/mol. The average Bonchev–Trinajstić information content (AvgIpc) is 3.09. The zero-order valence-electron chi connectivity index (χ0n) is 23.4. The predicted octanol–water partition coefficient (Wildman–Crippen LogP) is 1.15. The Morgan fingerprint density at radius 1 is 1.17 bits per heavy atom. The molecule has 0 radical (unpaired) electrons. The Morgan fingerprint density at radius 3 is 2.66 bits per heavy atom. The fraction of sp³-hybridized carbons (Fsp3) is 0.323. The maximum atomic E-state index is 15.1. The molecular formula is C31H33FI2N3O4-. The number of ketones is 1. The summed E-state index contributed by atoms with van der Waals surface area (Å²) >= 11 is -3.02. The third-order valence-corrected chi connectivity index (χ3v) is 14.3. The predicted molar refractivity (Wildman–Crippen MR) is 166 cm³/mol. The van der Waals surface area contributed by atoms with Gasteiger partial charge in [-0.05, 0) is 18.9 Å². The van der Waals surface area contributed by atoms with E-state index in [9.17, 15) is 14.4 Å². The Labute approximate surface area is 256 Å². The van der Waals surface area contributed by atoms with Gasteiger partial charge in [-0.15, -0.1) is 0 Å². The van der Waals surface area contributed by atoms with E-state index < -0.39 is 40.3 Å². The second-order valence-corrected chi connectivity index (χ2v) is 17.3. The molecule has 0 bridgehead atoms. The molecule has 41 heavy (non-hydrogen) atoms. The summed E-state index contributed by atoms with van der Waals surface area (Å²) in [5.41, 5.74) is 5.68. The summed E-state index contributed by atoms with van der Waals surface area (Å²) in [6.45, 7) is 5.15. The van der Waals surface area contributed by atoms with Gasteiger partial charge in [0.25, 0.3) is 0 Å². The third kappa shape index (κ3) is 6.00. The SMILES string of the molecule is C=I1=C(C(=O)NC)C2=C(C(=O)N(c3ccc(CC4=CC(=O)COCC4)c(C)c3)CC2)N1c1ccc([I-]CC)c(F)c1. The number of anilines is 2. The van der Waals surface area contributed by atoms with Crippen LogP contribution in [0.4, 0.5) is 15.8 Å². The van der Waals surface area contributed by atoms with Crippen LogP contribution in [0.15, 0.2) is 59.3 Å². The van der Waals surface area contributed by atoms with Crippen molar-refractivity contribution in [1.29, 1.82) is 0 Å². The van der Waals surface area contributed by atoms with E-state index in [-0.39, 0.29) is 30.0 Å². The third-order valence-electron chi connectivity index (χ3n) is 7.27. The molecule has 218 valence electrons. The fourth-order valence-electron chi connectivity index (χ4n) is 5.28. The van der Waals surface area contributed by atoms with Gasteiger partial charge in [-0.3, -0.25) is 4.79 Å². The molecule has 5 rings (SSSR count). The number of nitrogens with zero attached hydrogens (tertiary/aromatic N) is 2. The van der Waals surface area contributed by atoms with Gasteiger partial charge in [-0.1, -0.05) is 5.57 Å². The molecule has 7 nitrogen and oxygen atoms in total. The molecule has 0 fully saturated rings. The number of carbonyl (C=O) groups is 3. The maximum absolute atomic E-state index is 15.1. The minimum absolute atomic E-state index is 0.0157. The van der Waals surface area contributed by atoms with Crippen LogP contribution in [-0.2, 0) is 25.5 Å². The Balaban J connectivity index is 1.48. The van der Waals surface area contributed by atoms with Gasteiger partial charge in [0.1, 0.15) is 6.61 Å². The molecule has 0 saturated carbocycles. The van der Waals surface area contributed by atoms with Crippen LogP contribution in [0, 0.1) is 16.3 Å². The summed E-state index contributed by atoms with van der Waals surface area (Å²) in [5, 5.41) is 2.73. The number of ether oxygens (including phenoxy) is 1. The van der Waals surface area contributed by atoms with E-state index in [1.54, 1.807) is 18.0 Å². The number of halogens is 3. The Morgan fingerprint density at radius 2 is 1.95 bits per heavy atom. The molecule has 0 unspecified atom stereocenters. The Hall–Kier alpha value is -2.58. The van der Waals surface area contributed by atoms with Crippen molar-refractivity contribution in [2.45, 2.75) is 33.1 Å². The van der Waals surface area contributed by atoms with Crippen LogP contribution >= 0.6 is 19.1 Å². The number of benzene rings is 2. The molecule has 3 heterocycles. The monoisotopic (exact) mass is 784 g/mol. The van der Waals surface area contributed by atoms with Crippen LogP contribution in [0.25, 0.3) is 0 Å². The Kier molecular flexibility index (Phi) is 9.29. The molecule has 1 N–H and O–H groups in total. The second kappa shape index (κ2) is 12.7. The number of alkyl halides is 1. The van der Waals surface area contributed by atoms with Crippen molar-refractivity contribution in [3.63, 3.8) is 0 Å². The minimum atomic E-state index is -2.61. The normalized spacial score (nSPS) is 18.1. The number of carbonyl (C=O) groups excluding carboxylic acids is 3. The number of rotatable bonds is 7. The second-order valence-electron chi connectivity index (χ2n) is 9.90.